The van der Waals surface area contributed by atoms with Gasteiger partial charge in [0.2, 0.25) is 0 Å². The second-order valence-electron chi connectivity index (χ2n) is 8.61. The van der Waals surface area contributed by atoms with Gasteiger partial charge in [-0.05, 0) is 52.8 Å². The van der Waals surface area contributed by atoms with Crippen molar-refractivity contribution in [1.29, 1.82) is 0 Å². The molecule has 23 heavy (non-hydrogen) atoms. The smallest absolute Gasteiger partial charge is 0.192 e. The molecule has 1 N–H and O–H groups in total. The summed E-state index contributed by atoms with van der Waals surface area (Å²) in [5, 5.41) is 10.5. The molecule has 4 atom stereocenters. The summed E-state index contributed by atoms with van der Waals surface area (Å²) in [5.74, 6) is 0.875. The molecule has 0 bridgehead atoms. The summed E-state index contributed by atoms with van der Waals surface area (Å²) in [6, 6.07) is 3.80. The second-order valence-corrected chi connectivity index (χ2v) is 8.61. The Kier molecular flexibility index (Phi) is 3.04. The van der Waals surface area contributed by atoms with Gasteiger partial charge < -0.3 is 9.84 Å². The Morgan fingerprint density at radius 3 is 2.70 bits per heavy atom. The van der Waals surface area contributed by atoms with Gasteiger partial charge in [-0.1, -0.05) is 34.1 Å². The van der Waals surface area contributed by atoms with E-state index < -0.39 is 0 Å². The van der Waals surface area contributed by atoms with Crippen molar-refractivity contribution in [2.45, 2.75) is 64.4 Å². The van der Waals surface area contributed by atoms with Crippen molar-refractivity contribution in [2.24, 2.45) is 11.3 Å². The van der Waals surface area contributed by atoms with Crippen molar-refractivity contribution in [3.05, 3.63) is 28.8 Å². The first-order valence-corrected chi connectivity index (χ1v) is 8.81. The highest BCUT2D eigenvalue weighted by molar-refractivity contribution is 6.03. The van der Waals surface area contributed by atoms with E-state index in [2.05, 4.69) is 13.8 Å². The van der Waals surface area contributed by atoms with Crippen LogP contribution in [0, 0.1) is 11.3 Å². The number of phenols is 1. The molecular weight excluding hydrogens is 288 g/mol. The van der Waals surface area contributed by atoms with E-state index in [-0.39, 0.29) is 34.6 Å². The van der Waals surface area contributed by atoms with Gasteiger partial charge in [-0.15, -0.1) is 0 Å². The highest BCUT2D eigenvalue weighted by Gasteiger charge is 2.62. The minimum absolute atomic E-state index is 0.0790. The van der Waals surface area contributed by atoms with E-state index in [9.17, 15) is 9.90 Å². The largest absolute Gasteiger partial charge is 0.508 e. The summed E-state index contributed by atoms with van der Waals surface area (Å²) >= 11 is 0. The number of carbonyl (C=O) groups is 1. The van der Waals surface area contributed by atoms with Crippen molar-refractivity contribution in [3.8, 4) is 5.75 Å². The summed E-state index contributed by atoms with van der Waals surface area (Å²) in [7, 11) is 0. The molecule has 1 heterocycles. The van der Waals surface area contributed by atoms with Gasteiger partial charge in [0, 0.05) is 11.5 Å². The fourth-order valence-electron chi connectivity index (χ4n) is 5.60. The number of rotatable bonds is 1. The van der Waals surface area contributed by atoms with Crippen molar-refractivity contribution in [1.82, 2.24) is 0 Å². The van der Waals surface area contributed by atoms with Gasteiger partial charge in [0.1, 0.15) is 11.9 Å². The predicted molar refractivity (Wildman–Crippen MR) is 89.1 cm³/mol. The molecule has 1 saturated heterocycles. The van der Waals surface area contributed by atoms with E-state index in [1.807, 2.05) is 26.0 Å². The summed E-state index contributed by atoms with van der Waals surface area (Å²) < 4.78 is 6.03. The highest BCUT2D eigenvalue weighted by Crippen LogP contribution is 2.61. The van der Waals surface area contributed by atoms with Gasteiger partial charge >= 0.3 is 0 Å². The quantitative estimate of drug-likeness (QED) is 0.846. The Hall–Kier alpha value is -1.35. The lowest BCUT2D eigenvalue weighted by atomic mass is 9.50. The number of ketones is 1. The minimum Gasteiger partial charge on any atom is -0.508 e. The number of aromatic hydroxyl groups is 1. The van der Waals surface area contributed by atoms with Crippen LogP contribution in [0.3, 0.4) is 0 Å². The molecule has 4 unspecified atom stereocenters. The number of ether oxygens (including phenoxy) is 1. The molecule has 124 valence electrons. The number of carbonyl (C=O) groups excluding carboxylic acids is 1. The Morgan fingerprint density at radius 1 is 1.26 bits per heavy atom. The maximum atomic E-state index is 13.1. The van der Waals surface area contributed by atoms with Crippen LogP contribution in [-0.2, 0) is 10.2 Å². The number of benzene rings is 1. The first-order chi connectivity index (χ1) is 10.8. The summed E-state index contributed by atoms with van der Waals surface area (Å²) in [4.78, 5) is 13.1. The molecule has 1 aromatic rings. The average molecular weight is 314 g/mol. The molecule has 0 aromatic heterocycles. The van der Waals surface area contributed by atoms with Crippen LogP contribution >= 0.6 is 0 Å². The number of phenolic OH excluding ortho intramolecular Hbond substituents is 1. The zero-order valence-electron chi connectivity index (χ0n) is 14.5. The molecular formula is C20H26O3. The molecule has 3 nitrogen and oxygen atoms in total. The SMILES string of the molecule is CC(C)c1cc2c(cc1O)C1(C)CCCC3(C)COC(C2=O)C31. The van der Waals surface area contributed by atoms with Gasteiger partial charge in [0.25, 0.3) is 0 Å². The first kappa shape index (κ1) is 15.2. The minimum atomic E-state index is -0.303. The summed E-state index contributed by atoms with van der Waals surface area (Å²) in [6.07, 6.45) is 3.04. The average Bonchev–Trinajstić information content (AvgIpc) is 2.84. The zero-order chi connectivity index (χ0) is 16.6. The monoisotopic (exact) mass is 314 g/mol. The Bertz CT molecular complexity index is 692. The van der Waals surface area contributed by atoms with Crippen LogP contribution < -0.4 is 0 Å². The van der Waals surface area contributed by atoms with Crippen molar-refractivity contribution < 1.29 is 14.6 Å². The Balaban J connectivity index is 1.96. The van der Waals surface area contributed by atoms with Crippen molar-refractivity contribution >= 4 is 5.78 Å². The molecule has 1 saturated carbocycles. The number of hydrogen-bond donors (Lipinski definition) is 1. The maximum absolute atomic E-state index is 13.1. The fourth-order valence-corrected chi connectivity index (χ4v) is 5.60. The maximum Gasteiger partial charge on any atom is 0.192 e. The fraction of sp³-hybridized carbons (Fsp3) is 0.650. The molecule has 2 aliphatic carbocycles. The molecule has 0 spiro atoms. The van der Waals surface area contributed by atoms with Crippen LogP contribution in [0.1, 0.15) is 74.4 Å². The molecule has 2 fully saturated rings. The van der Waals surface area contributed by atoms with E-state index in [0.29, 0.717) is 12.4 Å². The van der Waals surface area contributed by atoms with Crippen LogP contribution in [0.4, 0.5) is 0 Å². The van der Waals surface area contributed by atoms with Crippen molar-refractivity contribution in [2.75, 3.05) is 6.61 Å². The van der Waals surface area contributed by atoms with E-state index >= 15 is 0 Å². The lowest BCUT2D eigenvalue weighted by Crippen LogP contribution is -2.54. The number of fused-ring (bicyclic) bond motifs is 2. The van der Waals surface area contributed by atoms with E-state index in [4.69, 9.17) is 4.74 Å². The third-order valence-electron chi connectivity index (χ3n) is 6.70. The number of Topliss-reactive ketones (excluding diaryl/α,β-unsaturated/α-hetero) is 1. The molecule has 4 rings (SSSR count). The summed E-state index contributed by atoms with van der Waals surface area (Å²) in [6.45, 7) is 9.32. The Labute approximate surface area is 138 Å². The molecule has 1 aliphatic heterocycles. The molecule has 3 aliphatic rings. The molecule has 0 amide bonds. The third-order valence-corrected chi connectivity index (χ3v) is 6.70. The number of hydrogen-bond acceptors (Lipinski definition) is 3. The topological polar surface area (TPSA) is 46.5 Å². The van der Waals surface area contributed by atoms with E-state index in [1.54, 1.807) is 0 Å². The van der Waals surface area contributed by atoms with Gasteiger partial charge in [-0.25, -0.2) is 0 Å². The predicted octanol–water partition coefficient (Wildman–Crippen LogP) is 4.17. The summed E-state index contributed by atoms with van der Waals surface area (Å²) in [5.41, 5.74) is 2.68. The normalized spacial score (nSPS) is 38.6. The van der Waals surface area contributed by atoms with Crippen LogP contribution in [0.5, 0.6) is 5.75 Å². The molecule has 0 radical (unpaired) electrons. The first-order valence-electron chi connectivity index (χ1n) is 8.81. The van der Waals surface area contributed by atoms with E-state index in [0.717, 1.165) is 36.0 Å². The van der Waals surface area contributed by atoms with Crippen LogP contribution in [0.25, 0.3) is 0 Å². The second kappa shape index (κ2) is 4.60. The van der Waals surface area contributed by atoms with Gasteiger partial charge in [0.15, 0.2) is 5.78 Å². The van der Waals surface area contributed by atoms with Crippen LogP contribution in [-0.4, -0.2) is 23.6 Å². The van der Waals surface area contributed by atoms with Crippen LogP contribution in [0.2, 0.25) is 0 Å². The lowest BCUT2D eigenvalue weighted by molar-refractivity contribution is 0.0317. The Morgan fingerprint density at radius 2 is 2.00 bits per heavy atom. The molecule has 3 heteroatoms. The molecule has 1 aromatic carbocycles. The van der Waals surface area contributed by atoms with Crippen molar-refractivity contribution in [3.63, 3.8) is 0 Å². The van der Waals surface area contributed by atoms with Crippen LogP contribution in [0.15, 0.2) is 12.1 Å². The van der Waals surface area contributed by atoms with Gasteiger partial charge in [-0.2, -0.15) is 0 Å². The van der Waals surface area contributed by atoms with Gasteiger partial charge in [0.05, 0.1) is 6.61 Å². The van der Waals surface area contributed by atoms with Gasteiger partial charge in [-0.3, -0.25) is 4.79 Å². The zero-order valence-corrected chi connectivity index (χ0v) is 14.5. The lowest BCUT2D eigenvalue weighted by Gasteiger charge is -2.52. The highest BCUT2D eigenvalue weighted by atomic mass is 16.5. The third kappa shape index (κ3) is 1.83. The standard InChI is InChI=1S/C20H26O3/c1-11(2)12-8-13-14(9-15(12)21)20(4)7-5-6-19(3)10-23-17(16(13)22)18(19)20/h8-9,11,17-18,21H,5-7,10H2,1-4H3. The van der Waals surface area contributed by atoms with E-state index in [1.165, 1.54) is 0 Å².